The van der Waals surface area contributed by atoms with E-state index in [2.05, 4.69) is 30.4 Å². The summed E-state index contributed by atoms with van der Waals surface area (Å²) in [6, 6.07) is 30.2. The van der Waals surface area contributed by atoms with Crippen LogP contribution in [0.25, 0.3) is 10.8 Å². The van der Waals surface area contributed by atoms with Crippen molar-refractivity contribution in [3.8, 4) is 0 Å². The highest BCUT2D eigenvalue weighted by atomic mass is 19.4. The molecule has 5 aromatic rings. The molecule has 2 atom stereocenters. The van der Waals surface area contributed by atoms with Crippen molar-refractivity contribution in [1.29, 1.82) is 0 Å². The van der Waals surface area contributed by atoms with Gasteiger partial charge in [-0.2, -0.15) is 26.3 Å². The van der Waals surface area contributed by atoms with Crippen molar-refractivity contribution in [3.63, 3.8) is 0 Å². The molecular formula is C44H40F6N4O3. The molecule has 13 heteroatoms. The summed E-state index contributed by atoms with van der Waals surface area (Å²) in [5.74, 6) is -3.87. The lowest BCUT2D eigenvalue weighted by Gasteiger charge is -2.17. The van der Waals surface area contributed by atoms with Crippen molar-refractivity contribution in [1.82, 2.24) is 0 Å². The van der Waals surface area contributed by atoms with Gasteiger partial charge < -0.3 is 26.8 Å². The van der Waals surface area contributed by atoms with Crippen LogP contribution in [0.5, 0.6) is 0 Å². The predicted molar refractivity (Wildman–Crippen MR) is 211 cm³/mol. The molecule has 3 aliphatic carbocycles. The molecule has 6 N–H and O–H groups in total. The molecule has 57 heavy (non-hydrogen) atoms. The van der Waals surface area contributed by atoms with Gasteiger partial charge in [-0.15, -0.1) is 0 Å². The molecule has 0 spiro atoms. The molecule has 7 nitrogen and oxygen atoms in total. The normalized spacial score (nSPS) is 16.9. The number of ether oxygens (including phenoxy) is 1. The topological polar surface area (TPSA) is 123 Å². The zero-order valence-corrected chi connectivity index (χ0v) is 30.6. The summed E-state index contributed by atoms with van der Waals surface area (Å²) in [6.45, 7) is 0. The molecule has 0 aromatic heterocycles. The first-order chi connectivity index (χ1) is 27.2. The van der Waals surface area contributed by atoms with Gasteiger partial charge in [-0.1, -0.05) is 97.1 Å². The minimum atomic E-state index is -4.87. The van der Waals surface area contributed by atoms with E-state index in [1.807, 2.05) is 77.4 Å². The highest BCUT2D eigenvalue weighted by molar-refractivity contribution is 5.96. The number of carbonyl (C=O) groups is 2. The largest absolute Gasteiger partial charge is 0.471 e. The first-order valence-electron chi connectivity index (χ1n) is 18.2. The number of fused-ring (bicyclic) bond motifs is 5. The molecule has 9 rings (SSSR count). The number of nitrogen functional groups attached to an aromatic ring is 2. The van der Waals surface area contributed by atoms with Gasteiger partial charge in [0.25, 0.3) is 0 Å². The maximum atomic E-state index is 12.2. The van der Waals surface area contributed by atoms with E-state index in [9.17, 15) is 35.9 Å². The molecule has 0 bridgehead atoms. The predicted octanol–water partition coefficient (Wildman–Crippen LogP) is 9.24. The lowest BCUT2D eigenvalue weighted by molar-refractivity contribution is -0.167. The minimum absolute atomic E-state index is 0.0986. The van der Waals surface area contributed by atoms with Gasteiger partial charge >= 0.3 is 24.2 Å². The Morgan fingerprint density at radius 3 is 1.61 bits per heavy atom. The third-order valence-corrected chi connectivity index (χ3v) is 9.86. The quantitative estimate of drug-likeness (QED) is 0.0615. The second kappa shape index (κ2) is 17.4. The van der Waals surface area contributed by atoms with E-state index >= 15 is 0 Å². The van der Waals surface area contributed by atoms with Gasteiger partial charge in [-0.05, 0) is 88.7 Å². The Morgan fingerprint density at radius 2 is 1.00 bits per heavy atom. The number of alkyl halides is 6. The molecule has 0 saturated carbocycles. The van der Waals surface area contributed by atoms with Gasteiger partial charge in [0, 0.05) is 41.0 Å². The Bertz CT molecular complexity index is 2310. The van der Waals surface area contributed by atoms with E-state index in [0.717, 1.165) is 51.9 Å². The number of halogens is 6. The van der Waals surface area contributed by atoms with Crippen LogP contribution in [-0.4, -0.2) is 36.4 Å². The van der Waals surface area contributed by atoms with Crippen LogP contribution in [0.3, 0.4) is 0 Å². The number of hydrogen-bond donors (Lipinski definition) is 4. The number of hydrogen-bond acceptors (Lipinski definition) is 5. The average Bonchev–Trinajstić information content (AvgIpc) is 3.96. The number of nitrogens with one attached hydrogen (secondary N) is 2. The summed E-state index contributed by atoms with van der Waals surface area (Å²) < 4.78 is 78.4. The third kappa shape index (κ3) is 10.4. The third-order valence-electron chi connectivity index (χ3n) is 9.86. The lowest BCUT2D eigenvalue weighted by Crippen LogP contribution is -2.30. The number of carbonyl (C=O) groups excluding carboxylic acids is 2. The van der Waals surface area contributed by atoms with E-state index in [4.69, 9.17) is 16.2 Å². The molecular weight excluding hydrogens is 746 g/mol. The van der Waals surface area contributed by atoms with E-state index in [-0.39, 0.29) is 23.6 Å². The number of rotatable bonds is 2. The van der Waals surface area contributed by atoms with Crippen LogP contribution in [0, 0.1) is 0 Å². The van der Waals surface area contributed by atoms with Gasteiger partial charge in [-0.25, -0.2) is 0 Å². The van der Waals surface area contributed by atoms with Gasteiger partial charge in [0.1, 0.15) is 0 Å². The highest BCUT2D eigenvalue weighted by Crippen LogP contribution is 2.39. The molecule has 1 saturated heterocycles. The number of nitrogens with two attached hydrogens (primary N) is 2. The first-order valence-corrected chi connectivity index (χ1v) is 18.2. The molecule has 2 unspecified atom stereocenters. The molecule has 2 amide bonds. The van der Waals surface area contributed by atoms with Crippen LogP contribution < -0.4 is 22.1 Å². The van der Waals surface area contributed by atoms with E-state index < -0.39 is 24.2 Å². The van der Waals surface area contributed by atoms with Crippen molar-refractivity contribution in [2.75, 3.05) is 22.1 Å². The minimum Gasteiger partial charge on any atom is -0.398 e. The summed E-state index contributed by atoms with van der Waals surface area (Å²) in [5.41, 5.74) is 20.0. The second-order valence-corrected chi connectivity index (χ2v) is 13.7. The molecule has 1 fully saturated rings. The van der Waals surface area contributed by atoms with Gasteiger partial charge in [-0.3, -0.25) is 9.59 Å². The first kappa shape index (κ1) is 40.6. The Morgan fingerprint density at radius 1 is 0.526 bits per heavy atom. The fourth-order valence-corrected chi connectivity index (χ4v) is 6.88. The average molecular weight is 787 g/mol. The van der Waals surface area contributed by atoms with Gasteiger partial charge in [0.15, 0.2) is 0 Å². The van der Waals surface area contributed by atoms with Crippen LogP contribution in [0.2, 0.25) is 0 Å². The Balaban J connectivity index is 0.000000131. The molecule has 5 aromatic carbocycles. The number of anilines is 4. The van der Waals surface area contributed by atoms with Crippen LogP contribution in [0.15, 0.2) is 121 Å². The molecule has 296 valence electrons. The summed E-state index contributed by atoms with van der Waals surface area (Å²) in [7, 11) is 0. The molecule has 1 aliphatic heterocycles. The summed E-state index contributed by atoms with van der Waals surface area (Å²) in [5, 5.41) is 6.18. The number of amides is 2. The Labute approximate surface area is 325 Å². The van der Waals surface area contributed by atoms with Crippen molar-refractivity contribution in [3.05, 3.63) is 155 Å². The van der Waals surface area contributed by atoms with Gasteiger partial charge in [0.2, 0.25) is 0 Å². The van der Waals surface area contributed by atoms with E-state index in [0.29, 0.717) is 25.7 Å². The van der Waals surface area contributed by atoms with Crippen LogP contribution in [0.4, 0.5) is 49.1 Å². The maximum Gasteiger partial charge on any atom is 0.471 e. The van der Waals surface area contributed by atoms with E-state index in [1.54, 1.807) is 12.1 Å². The number of epoxide rings is 1. The fraction of sp³-hybridized carbons (Fsp3) is 0.227. The van der Waals surface area contributed by atoms with Crippen molar-refractivity contribution in [2.45, 2.75) is 63.1 Å². The van der Waals surface area contributed by atoms with Crippen LogP contribution in [-0.2, 0) is 52.9 Å². The summed E-state index contributed by atoms with van der Waals surface area (Å²) in [6.07, 6.45) is 3.33. The molecule has 4 aliphatic rings. The molecule has 0 radical (unpaired) electrons. The molecule has 1 heterocycles. The number of benzene rings is 5. The standard InChI is InChI=1S/C12H10F3NO2.C12H10F3NO.C10H11N.C10H9N/c13-12(14,15)11(17)16-8-3-1-2-6-4-9-10(18-9)5-7(6)8;13-12(14,15)11(17)16-10-7-3-5-8-4-1-2-6-9(8)10;2*11-10-7-3-5-8-4-1-2-6-9(8)10/h1-3,9-10H,4-5H2,(H,16,17);1-3,5,7H,4,6H2,(H,16,17);1-3,5,7H,4,6,11H2;1-7H,11H2. The summed E-state index contributed by atoms with van der Waals surface area (Å²) in [4.78, 5) is 21.8. The van der Waals surface area contributed by atoms with E-state index in [1.165, 1.54) is 28.6 Å². The maximum absolute atomic E-state index is 12.2. The van der Waals surface area contributed by atoms with Crippen molar-refractivity contribution < 1.29 is 40.7 Å². The van der Waals surface area contributed by atoms with Crippen LogP contribution >= 0.6 is 0 Å². The lowest BCUT2D eigenvalue weighted by atomic mass is 9.90. The summed E-state index contributed by atoms with van der Waals surface area (Å²) >= 11 is 0. The van der Waals surface area contributed by atoms with Gasteiger partial charge in [0.05, 0.1) is 12.2 Å². The van der Waals surface area contributed by atoms with Crippen LogP contribution in [0.1, 0.15) is 33.4 Å². The Kier molecular flexibility index (Phi) is 12.4. The monoisotopic (exact) mass is 786 g/mol. The zero-order chi connectivity index (χ0) is 40.7. The number of allylic oxidation sites excluding steroid dienone is 4. The van der Waals surface area contributed by atoms with Crippen molar-refractivity contribution in [2.24, 2.45) is 0 Å². The second-order valence-electron chi connectivity index (χ2n) is 13.7. The fourth-order valence-electron chi connectivity index (χ4n) is 6.88. The Hall–Kier alpha value is -6.08. The SMILES string of the molecule is Nc1cccc2c1CC=CC2.Nc1cccc2ccccc12.O=C(Nc1cccc2c1CC1OC1C2)C(F)(F)F.O=C(Nc1cccc2c1CC=CC2)C(F)(F)F. The van der Waals surface area contributed by atoms with Crippen molar-refractivity contribution >= 4 is 45.3 Å². The smallest absolute Gasteiger partial charge is 0.398 e. The zero-order valence-electron chi connectivity index (χ0n) is 30.6. The highest BCUT2D eigenvalue weighted by Gasteiger charge is 2.44.